The van der Waals surface area contributed by atoms with Crippen molar-refractivity contribution in [3.63, 3.8) is 0 Å². The first-order valence-electron chi connectivity index (χ1n) is 5.47. The highest BCUT2D eigenvalue weighted by atomic mass is 16.5. The van der Waals surface area contributed by atoms with Gasteiger partial charge in [0.05, 0.1) is 12.8 Å². The van der Waals surface area contributed by atoms with Gasteiger partial charge in [0.25, 0.3) is 0 Å². The number of rotatable bonds is 5. The Morgan fingerprint density at radius 1 is 1.29 bits per heavy atom. The maximum Gasteiger partial charge on any atom is 0.156 e. The van der Waals surface area contributed by atoms with Crippen molar-refractivity contribution in [2.45, 2.75) is 12.8 Å². The van der Waals surface area contributed by atoms with Crippen molar-refractivity contribution in [1.29, 1.82) is 0 Å². The van der Waals surface area contributed by atoms with Gasteiger partial charge in [-0.15, -0.1) is 5.10 Å². The highest BCUT2D eigenvalue weighted by molar-refractivity contribution is 5.36. The summed E-state index contributed by atoms with van der Waals surface area (Å²) >= 11 is 0. The van der Waals surface area contributed by atoms with Crippen molar-refractivity contribution < 1.29 is 4.74 Å². The lowest BCUT2D eigenvalue weighted by atomic mass is 10.2. The number of aromatic nitrogens is 4. The van der Waals surface area contributed by atoms with Crippen molar-refractivity contribution in [2.24, 2.45) is 5.73 Å². The molecule has 1 aromatic carbocycles. The summed E-state index contributed by atoms with van der Waals surface area (Å²) in [5.74, 6) is 1.63. The molecule has 0 saturated heterocycles. The molecular weight excluding hydrogens is 218 g/mol. The molecule has 2 rings (SSSR count). The third-order valence-electron chi connectivity index (χ3n) is 2.46. The summed E-state index contributed by atoms with van der Waals surface area (Å²) < 4.78 is 6.82. The van der Waals surface area contributed by atoms with Crippen LogP contribution in [-0.4, -0.2) is 33.9 Å². The summed E-state index contributed by atoms with van der Waals surface area (Å²) in [7, 11) is 1.64. The van der Waals surface area contributed by atoms with Gasteiger partial charge in [-0.2, -0.15) is 4.68 Å². The van der Waals surface area contributed by atoms with E-state index in [4.69, 9.17) is 10.5 Å². The monoisotopic (exact) mass is 233 g/mol. The van der Waals surface area contributed by atoms with Crippen LogP contribution < -0.4 is 10.5 Å². The summed E-state index contributed by atoms with van der Waals surface area (Å²) in [5.41, 5.74) is 6.40. The summed E-state index contributed by atoms with van der Waals surface area (Å²) in [6, 6.07) is 7.59. The van der Waals surface area contributed by atoms with Crippen molar-refractivity contribution in [3.8, 4) is 11.4 Å². The molecule has 6 heteroatoms. The smallest absolute Gasteiger partial charge is 0.156 e. The maximum absolute atomic E-state index is 5.48. The molecule has 0 atom stereocenters. The first-order valence-corrected chi connectivity index (χ1v) is 5.47. The van der Waals surface area contributed by atoms with Gasteiger partial charge in [-0.1, -0.05) is 0 Å². The lowest BCUT2D eigenvalue weighted by molar-refractivity contribution is 0.414. The van der Waals surface area contributed by atoms with Gasteiger partial charge in [0.15, 0.2) is 5.82 Å². The van der Waals surface area contributed by atoms with Crippen LogP contribution in [0.4, 0.5) is 0 Å². The molecule has 0 bridgehead atoms. The molecule has 0 radical (unpaired) electrons. The van der Waals surface area contributed by atoms with Crippen molar-refractivity contribution in [1.82, 2.24) is 20.2 Å². The standard InChI is InChI=1S/C11H15N5O/c1-17-10-6-4-9(5-7-10)16-11(3-2-8-12)13-14-15-16/h4-7H,2-3,8,12H2,1H3. The van der Waals surface area contributed by atoms with Gasteiger partial charge in [-0.25, -0.2) is 0 Å². The fourth-order valence-corrected chi connectivity index (χ4v) is 1.55. The number of hydrogen-bond donors (Lipinski definition) is 1. The SMILES string of the molecule is COc1ccc(-n2nnnc2CCCN)cc1. The van der Waals surface area contributed by atoms with Crippen molar-refractivity contribution >= 4 is 0 Å². The Hall–Kier alpha value is -1.95. The molecule has 6 nitrogen and oxygen atoms in total. The third-order valence-corrected chi connectivity index (χ3v) is 2.46. The minimum Gasteiger partial charge on any atom is -0.497 e. The Kier molecular flexibility index (Phi) is 3.66. The van der Waals surface area contributed by atoms with E-state index in [0.717, 1.165) is 30.1 Å². The van der Waals surface area contributed by atoms with Crippen LogP contribution in [0.2, 0.25) is 0 Å². The largest absolute Gasteiger partial charge is 0.497 e. The van der Waals surface area contributed by atoms with Gasteiger partial charge in [-0.05, 0) is 47.7 Å². The number of benzene rings is 1. The van der Waals surface area contributed by atoms with Gasteiger partial charge in [0, 0.05) is 6.42 Å². The molecule has 0 spiro atoms. The van der Waals surface area contributed by atoms with Crippen molar-refractivity contribution in [2.75, 3.05) is 13.7 Å². The number of nitrogens with zero attached hydrogens (tertiary/aromatic N) is 4. The number of ether oxygens (including phenoxy) is 1. The quantitative estimate of drug-likeness (QED) is 0.816. The van der Waals surface area contributed by atoms with Crippen LogP contribution in [0.1, 0.15) is 12.2 Å². The van der Waals surface area contributed by atoms with Gasteiger partial charge in [0.1, 0.15) is 5.75 Å². The Labute approximate surface area is 99.4 Å². The van der Waals surface area contributed by atoms with Crippen molar-refractivity contribution in [3.05, 3.63) is 30.1 Å². The van der Waals surface area contributed by atoms with E-state index in [-0.39, 0.29) is 0 Å². The zero-order chi connectivity index (χ0) is 12.1. The number of aryl methyl sites for hydroxylation is 1. The van der Waals surface area contributed by atoms with Crippen LogP contribution in [0.3, 0.4) is 0 Å². The molecule has 2 aromatic rings. The molecule has 1 aromatic heterocycles. The lowest BCUT2D eigenvalue weighted by Gasteiger charge is -2.05. The second-order valence-corrected chi connectivity index (χ2v) is 3.60. The fraction of sp³-hybridized carbons (Fsp3) is 0.364. The number of methoxy groups -OCH3 is 1. The second kappa shape index (κ2) is 5.40. The normalized spacial score (nSPS) is 10.5. The highest BCUT2D eigenvalue weighted by Gasteiger charge is 2.07. The molecule has 0 aliphatic carbocycles. The summed E-state index contributed by atoms with van der Waals surface area (Å²) in [6.45, 7) is 0.634. The zero-order valence-corrected chi connectivity index (χ0v) is 9.71. The van der Waals surface area contributed by atoms with Crippen LogP contribution in [0.15, 0.2) is 24.3 Å². The number of tetrazole rings is 1. The van der Waals surface area contributed by atoms with Crippen LogP contribution >= 0.6 is 0 Å². The van der Waals surface area contributed by atoms with Gasteiger partial charge in [-0.3, -0.25) is 0 Å². The molecule has 1 heterocycles. The fourth-order valence-electron chi connectivity index (χ4n) is 1.55. The highest BCUT2D eigenvalue weighted by Crippen LogP contribution is 2.15. The Bertz CT molecular complexity index is 465. The molecule has 0 unspecified atom stereocenters. The Balaban J connectivity index is 2.23. The van der Waals surface area contributed by atoms with E-state index in [2.05, 4.69) is 15.5 Å². The molecule has 17 heavy (non-hydrogen) atoms. The van der Waals surface area contributed by atoms with E-state index in [1.165, 1.54) is 0 Å². The van der Waals surface area contributed by atoms with E-state index in [9.17, 15) is 0 Å². The van der Waals surface area contributed by atoms with Crippen LogP contribution in [-0.2, 0) is 6.42 Å². The van der Waals surface area contributed by atoms with Gasteiger partial charge < -0.3 is 10.5 Å². The van der Waals surface area contributed by atoms with Crippen LogP contribution in [0.5, 0.6) is 5.75 Å². The van der Waals surface area contributed by atoms with Gasteiger partial charge in [0.2, 0.25) is 0 Å². The molecule has 0 amide bonds. The molecule has 2 N–H and O–H groups in total. The molecule has 0 aliphatic rings. The van der Waals surface area contributed by atoms with E-state index >= 15 is 0 Å². The molecule has 0 saturated carbocycles. The zero-order valence-electron chi connectivity index (χ0n) is 9.71. The third kappa shape index (κ3) is 2.59. The van der Waals surface area contributed by atoms with Crippen LogP contribution in [0.25, 0.3) is 5.69 Å². The van der Waals surface area contributed by atoms with Crippen LogP contribution in [0, 0.1) is 0 Å². The predicted molar refractivity (Wildman–Crippen MR) is 63.1 cm³/mol. The average molecular weight is 233 g/mol. The van der Waals surface area contributed by atoms with E-state index in [1.54, 1.807) is 11.8 Å². The number of nitrogens with two attached hydrogens (primary N) is 1. The van der Waals surface area contributed by atoms with Gasteiger partial charge >= 0.3 is 0 Å². The topological polar surface area (TPSA) is 78.8 Å². The van der Waals surface area contributed by atoms with E-state index in [1.807, 2.05) is 24.3 Å². The Morgan fingerprint density at radius 2 is 2.06 bits per heavy atom. The first kappa shape index (κ1) is 11.5. The minimum absolute atomic E-state index is 0.634. The minimum atomic E-state index is 0.634. The average Bonchev–Trinajstić information content (AvgIpc) is 2.84. The van der Waals surface area contributed by atoms with E-state index in [0.29, 0.717) is 6.54 Å². The summed E-state index contributed by atoms with van der Waals surface area (Å²) in [6.07, 6.45) is 1.64. The predicted octanol–water partition coefficient (Wildman–Crippen LogP) is 0.562. The lowest BCUT2D eigenvalue weighted by Crippen LogP contribution is -2.06. The second-order valence-electron chi connectivity index (χ2n) is 3.60. The molecule has 0 aliphatic heterocycles. The summed E-state index contributed by atoms with van der Waals surface area (Å²) in [4.78, 5) is 0. The maximum atomic E-state index is 5.48. The molecule has 0 fully saturated rings. The number of hydrogen-bond acceptors (Lipinski definition) is 5. The Morgan fingerprint density at radius 3 is 2.71 bits per heavy atom. The molecule has 90 valence electrons. The summed E-state index contributed by atoms with van der Waals surface area (Å²) in [5, 5.41) is 11.6. The van der Waals surface area contributed by atoms with E-state index < -0.39 is 0 Å². The first-order chi connectivity index (χ1) is 8.35. The molecular formula is C11H15N5O.